The Labute approximate surface area is 122 Å². The predicted octanol–water partition coefficient (Wildman–Crippen LogP) is 2.90. The van der Waals surface area contributed by atoms with Crippen molar-refractivity contribution in [1.29, 1.82) is 0 Å². The van der Waals surface area contributed by atoms with E-state index < -0.39 is 0 Å². The van der Waals surface area contributed by atoms with Crippen LogP contribution in [-0.4, -0.2) is 17.4 Å². The molecule has 2 aromatic rings. The second kappa shape index (κ2) is 6.01. The van der Waals surface area contributed by atoms with E-state index in [0.717, 1.165) is 25.1 Å². The lowest BCUT2D eigenvalue weighted by atomic mass is 10.1. The molecule has 2 N–H and O–H groups in total. The molecule has 0 radical (unpaired) electrons. The fraction of sp³-hybridized carbons (Fsp3) is 0.250. The van der Waals surface area contributed by atoms with Crippen molar-refractivity contribution in [3.8, 4) is 0 Å². The molecule has 108 valence electrons. The Bertz CT molecular complexity index is 636. The number of anilines is 1. The largest absolute Gasteiger partial charge is 0.321 e. The fourth-order valence-electron chi connectivity index (χ4n) is 2.44. The number of pyridine rings is 1. The first-order valence-corrected chi connectivity index (χ1v) is 6.99. The van der Waals surface area contributed by atoms with Gasteiger partial charge in [-0.2, -0.15) is 0 Å². The van der Waals surface area contributed by atoms with Gasteiger partial charge in [-0.25, -0.2) is 9.37 Å². The van der Waals surface area contributed by atoms with E-state index in [1.807, 2.05) is 12.1 Å². The van der Waals surface area contributed by atoms with Gasteiger partial charge in [0.05, 0.1) is 5.69 Å². The number of hydrogen-bond acceptors (Lipinski definition) is 3. The maximum Gasteiger partial charge on any atom is 0.274 e. The highest BCUT2D eigenvalue weighted by Gasteiger charge is 2.18. The number of benzene rings is 1. The maximum absolute atomic E-state index is 12.8. The SMILES string of the molecule is O=C(Nc1ccc(F)cc1)c1cccc([C@@H]2CCCN2)n1. The molecule has 4 nitrogen and oxygen atoms in total. The van der Waals surface area contributed by atoms with Gasteiger partial charge in [0.2, 0.25) is 0 Å². The second-order valence-electron chi connectivity index (χ2n) is 5.06. The molecule has 5 heteroatoms. The molecule has 1 saturated heterocycles. The molecule has 0 bridgehead atoms. The predicted molar refractivity (Wildman–Crippen MR) is 78.6 cm³/mol. The molecule has 0 spiro atoms. The van der Waals surface area contributed by atoms with Gasteiger partial charge in [-0.1, -0.05) is 6.07 Å². The van der Waals surface area contributed by atoms with E-state index in [-0.39, 0.29) is 17.8 Å². The third-order valence-electron chi connectivity index (χ3n) is 3.52. The number of nitrogens with zero attached hydrogens (tertiary/aromatic N) is 1. The Kier molecular flexibility index (Phi) is 3.92. The maximum atomic E-state index is 12.8. The summed E-state index contributed by atoms with van der Waals surface area (Å²) in [5.41, 5.74) is 1.80. The van der Waals surface area contributed by atoms with E-state index in [1.165, 1.54) is 24.3 Å². The first kappa shape index (κ1) is 13.7. The van der Waals surface area contributed by atoms with Crippen molar-refractivity contribution in [2.75, 3.05) is 11.9 Å². The first-order chi connectivity index (χ1) is 10.2. The van der Waals surface area contributed by atoms with Crippen LogP contribution < -0.4 is 10.6 Å². The van der Waals surface area contributed by atoms with E-state index >= 15 is 0 Å². The average molecular weight is 285 g/mol. The summed E-state index contributed by atoms with van der Waals surface area (Å²) < 4.78 is 12.8. The Hall–Kier alpha value is -2.27. The normalized spacial score (nSPS) is 17.7. The van der Waals surface area contributed by atoms with Gasteiger partial charge in [-0.15, -0.1) is 0 Å². The van der Waals surface area contributed by atoms with Crippen LogP contribution in [0.5, 0.6) is 0 Å². The molecular formula is C16H16FN3O. The molecule has 1 fully saturated rings. The molecule has 0 saturated carbocycles. The third kappa shape index (κ3) is 3.25. The lowest BCUT2D eigenvalue weighted by molar-refractivity contribution is 0.102. The minimum atomic E-state index is -0.333. The van der Waals surface area contributed by atoms with Gasteiger partial charge in [-0.05, 0) is 55.8 Å². The van der Waals surface area contributed by atoms with E-state index in [1.54, 1.807) is 6.07 Å². The summed E-state index contributed by atoms with van der Waals surface area (Å²) >= 11 is 0. The molecule has 1 aliphatic rings. The first-order valence-electron chi connectivity index (χ1n) is 6.99. The average Bonchev–Trinajstić information content (AvgIpc) is 3.04. The second-order valence-corrected chi connectivity index (χ2v) is 5.06. The molecule has 2 heterocycles. The van der Waals surface area contributed by atoms with Crippen LogP contribution in [0.3, 0.4) is 0 Å². The van der Waals surface area contributed by atoms with E-state index in [2.05, 4.69) is 15.6 Å². The molecule has 1 aliphatic heterocycles. The number of halogens is 1. The zero-order chi connectivity index (χ0) is 14.7. The summed E-state index contributed by atoms with van der Waals surface area (Å²) in [7, 11) is 0. The summed E-state index contributed by atoms with van der Waals surface area (Å²) in [6.45, 7) is 0.984. The van der Waals surface area contributed by atoms with Crippen LogP contribution in [-0.2, 0) is 0 Å². The standard InChI is InChI=1S/C16H16FN3O/c17-11-6-8-12(9-7-11)19-16(21)15-4-1-3-14(20-15)13-5-2-10-18-13/h1,3-4,6-9,13,18H,2,5,10H2,(H,19,21)/t13-/m0/s1. The highest BCUT2D eigenvalue weighted by molar-refractivity contribution is 6.02. The topological polar surface area (TPSA) is 54.0 Å². The summed E-state index contributed by atoms with van der Waals surface area (Å²) in [5, 5.41) is 6.07. The van der Waals surface area contributed by atoms with Crippen molar-refractivity contribution in [1.82, 2.24) is 10.3 Å². The monoisotopic (exact) mass is 285 g/mol. The number of aromatic nitrogens is 1. The summed E-state index contributed by atoms with van der Waals surface area (Å²) in [5.74, 6) is -0.623. The molecule has 1 atom stereocenters. The molecule has 1 amide bonds. The van der Waals surface area contributed by atoms with E-state index in [0.29, 0.717) is 11.4 Å². The smallest absolute Gasteiger partial charge is 0.274 e. The number of nitrogens with one attached hydrogen (secondary N) is 2. The van der Waals surface area contributed by atoms with Gasteiger partial charge >= 0.3 is 0 Å². The van der Waals surface area contributed by atoms with Crippen LogP contribution in [0.1, 0.15) is 35.1 Å². The van der Waals surface area contributed by atoms with E-state index in [9.17, 15) is 9.18 Å². The van der Waals surface area contributed by atoms with Crippen LogP contribution in [0.4, 0.5) is 10.1 Å². The van der Waals surface area contributed by atoms with Crippen molar-refractivity contribution in [2.45, 2.75) is 18.9 Å². The Morgan fingerprint density at radius 1 is 1.24 bits per heavy atom. The number of carbonyl (C=O) groups excluding carboxylic acids is 1. The Morgan fingerprint density at radius 3 is 2.76 bits per heavy atom. The quantitative estimate of drug-likeness (QED) is 0.911. The summed E-state index contributed by atoms with van der Waals surface area (Å²) in [6, 6.07) is 11.3. The van der Waals surface area contributed by atoms with E-state index in [4.69, 9.17) is 0 Å². The van der Waals surface area contributed by atoms with Crippen molar-refractivity contribution in [3.05, 3.63) is 59.7 Å². The summed E-state index contributed by atoms with van der Waals surface area (Å²) in [6.07, 6.45) is 2.16. The third-order valence-corrected chi connectivity index (χ3v) is 3.52. The van der Waals surface area contributed by atoms with Crippen LogP contribution in [0.25, 0.3) is 0 Å². The van der Waals surface area contributed by atoms with Gasteiger partial charge in [0, 0.05) is 11.7 Å². The number of carbonyl (C=O) groups is 1. The highest BCUT2D eigenvalue weighted by Crippen LogP contribution is 2.21. The fourth-order valence-corrected chi connectivity index (χ4v) is 2.44. The van der Waals surface area contributed by atoms with Gasteiger partial charge < -0.3 is 10.6 Å². The Morgan fingerprint density at radius 2 is 2.05 bits per heavy atom. The van der Waals surface area contributed by atoms with Crippen LogP contribution in [0.2, 0.25) is 0 Å². The van der Waals surface area contributed by atoms with Gasteiger partial charge in [0.25, 0.3) is 5.91 Å². The molecule has 21 heavy (non-hydrogen) atoms. The number of rotatable bonds is 3. The van der Waals surface area contributed by atoms with Gasteiger partial charge in [0.15, 0.2) is 0 Å². The van der Waals surface area contributed by atoms with Crippen LogP contribution in [0, 0.1) is 5.82 Å². The molecule has 3 rings (SSSR count). The molecular weight excluding hydrogens is 269 g/mol. The highest BCUT2D eigenvalue weighted by atomic mass is 19.1. The lowest BCUT2D eigenvalue weighted by Gasteiger charge is -2.11. The van der Waals surface area contributed by atoms with Crippen molar-refractivity contribution in [2.24, 2.45) is 0 Å². The van der Waals surface area contributed by atoms with Crippen LogP contribution in [0.15, 0.2) is 42.5 Å². The summed E-state index contributed by atoms with van der Waals surface area (Å²) in [4.78, 5) is 16.6. The zero-order valence-electron chi connectivity index (χ0n) is 11.5. The van der Waals surface area contributed by atoms with Crippen molar-refractivity contribution < 1.29 is 9.18 Å². The molecule has 0 aliphatic carbocycles. The van der Waals surface area contributed by atoms with Gasteiger partial charge in [0.1, 0.15) is 11.5 Å². The molecule has 1 aromatic carbocycles. The molecule has 0 unspecified atom stereocenters. The zero-order valence-corrected chi connectivity index (χ0v) is 11.5. The van der Waals surface area contributed by atoms with Crippen molar-refractivity contribution in [3.63, 3.8) is 0 Å². The van der Waals surface area contributed by atoms with Crippen LogP contribution >= 0.6 is 0 Å². The lowest BCUT2D eigenvalue weighted by Crippen LogP contribution is -2.18. The van der Waals surface area contributed by atoms with Crippen molar-refractivity contribution >= 4 is 11.6 Å². The minimum Gasteiger partial charge on any atom is -0.321 e. The minimum absolute atomic E-state index is 0.226. The molecule has 1 aromatic heterocycles. The number of hydrogen-bond donors (Lipinski definition) is 2. The van der Waals surface area contributed by atoms with Gasteiger partial charge in [-0.3, -0.25) is 4.79 Å². The number of amides is 1. The Balaban J connectivity index is 1.74.